The van der Waals surface area contributed by atoms with Gasteiger partial charge in [-0.05, 0) is 49.6 Å². The van der Waals surface area contributed by atoms with Gasteiger partial charge in [0.1, 0.15) is 5.75 Å². The number of aromatic nitrogens is 2. The number of amides is 3. The Morgan fingerprint density at radius 3 is 2.66 bits per heavy atom. The minimum atomic E-state index is -0.418. The summed E-state index contributed by atoms with van der Waals surface area (Å²) in [6.07, 6.45) is 1.41. The van der Waals surface area contributed by atoms with Crippen molar-refractivity contribution in [3.8, 4) is 5.75 Å². The number of likely N-dealkylation sites (tertiary alicyclic amines) is 1. The van der Waals surface area contributed by atoms with Gasteiger partial charge in [-0.25, -0.2) is 0 Å². The highest BCUT2D eigenvalue weighted by atomic mass is 32.1. The van der Waals surface area contributed by atoms with Gasteiger partial charge in [-0.2, -0.15) is 0 Å². The van der Waals surface area contributed by atoms with Crippen LogP contribution in [0.5, 0.6) is 5.75 Å². The molecule has 1 unspecified atom stereocenters. The molecule has 2 heterocycles. The number of aryl methyl sites for hydroxylation is 1. The molecule has 10 heteroatoms. The third kappa shape index (κ3) is 6.21. The SMILES string of the molecule is COc1cccc(CNC(=O)C2CCCN(C(=O)c3nnc(C(=O)Nc4ccc(C)cc4)s3)C2)c1. The predicted molar refractivity (Wildman–Crippen MR) is 133 cm³/mol. The van der Waals surface area contributed by atoms with Crippen LogP contribution in [0.15, 0.2) is 48.5 Å². The summed E-state index contributed by atoms with van der Waals surface area (Å²) in [7, 11) is 1.60. The zero-order valence-corrected chi connectivity index (χ0v) is 20.4. The first kappa shape index (κ1) is 24.3. The van der Waals surface area contributed by atoms with E-state index in [9.17, 15) is 14.4 Å². The molecule has 3 aromatic rings. The molecule has 2 N–H and O–H groups in total. The van der Waals surface area contributed by atoms with Crippen molar-refractivity contribution in [1.82, 2.24) is 20.4 Å². The van der Waals surface area contributed by atoms with E-state index < -0.39 is 5.91 Å². The van der Waals surface area contributed by atoms with Crippen LogP contribution in [0.1, 0.15) is 43.6 Å². The summed E-state index contributed by atoms with van der Waals surface area (Å²) >= 11 is 0.948. The number of nitrogens with one attached hydrogen (secondary N) is 2. The van der Waals surface area contributed by atoms with Crippen molar-refractivity contribution < 1.29 is 19.1 Å². The van der Waals surface area contributed by atoms with Gasteiger partial charge in [-0.15, -0.1) is 10.2 Å². The molecule has 1 aliphatic rings. The van der Waals surface area contributed by atoms with E-state index in [1.807, 2.05) is 43.3 Å². The Bertz CT molecular complexity index is 1210. The molecule has 0 bridgehead atoms. The Kier molecular flexibility index (Phi) is 7.71. The minimum absolute atomic E-state index is 0.0965. The molecule has 3 amide bonds. The highest BCUT2D eigenvalue weighted by Gasteiger charge is 2.30. The van der Waals surface area contributed by atoms with E-state index >= 15 is 0 Å². The maximum atomic E-state index is 13.0. The number of carbonyl (C=O) groups is 3. The molecule has 4 rings (SSSR count). The van der Waals surface area contributed by atoms with Crippen LogP contribution in [0, 0.1) is 12.8 Å². The van der Waals surface area contributed by atoms with E-state index in [4.69, 9.17) is 4.74 Å². The molecular formula is C25H27N5O4S. The molecule has 0 saturated carbocycles. The second-order valence-electron chi connectivity index (χ2n) is 8.39. The molecule has 1 saturated heterocycles. The first-order valence-electron chi connectivity index (χ1n) is 11.3. The van der Waals surface area contributed by atoms with Gasteiger partial charge in [0.2, 0.25) is 15.9 Å². The molecule has 9 nitrogen and oxygen atoms in total. The van der Waals surface area contributed by atoms with E-state index in [-0.39, 0.29) is 27.7 Å². The van der Waals surface area contributed by atoms with Gasteiger partial charge in [0, 0.05) is 25.3 Å². The van der Waals surface area contributed by atoms with Crippen molar-refractivity contribution >= 4 is 34.7 Å². The van der Waals surface area contributed by atoms with Crippen molar-refractivity contribution in [2.24, 2.45) is 5.92 Å². The van der Waals surface area contributed by atoms with Gasteiger partial charge in [-0.1, -0.05) is 41.2 Å². The number of ether oxygens (including phenoxy) is 1. The summed E-state index contributed by atoms with van der Waals surface area (Å²) in [6, 6.07) is 14.9. The summed E-state index contributed by atoms with van der Waals surface area (Å²) in [5, 5.41) is 13.8. The largest absolute Gasteiger partial charge is 0.497 e. The van der Waals surface area contributed by atoms with Gasteiger partial charge < -0.3 is 20.3 Å². The molecule has 1 aromatic heterocycles. The van der Waals surface area contributed by atoms with Gasteiger partial charge in [0.25, 0.3) is 11.8 Å². The fraction of sp³-hybridized carbons (Fsp3) is 0.320. The van der Waals surface area contributed by atoms with Crippen molar-refractivity contribution in [2.45, 2.75) is 26.3 Å². The zero-order valence-electron chi connectivity index (χ0n) is 19.6. The summed E-state index contributed by atoms with van der Waals surface area (Å²) in [5.74, 6) is -0.410. The first-order chi connectivity index (χ1) is 16.9. The number of anilines is 1. The number of nitrogens with zero attached hydrogens (tertiary/aromatic N) is 3. The standard InChI is InChI=1S/C25H27N5O4S/c1-16-8-10-19(11-9-16)27-22(32)23-28-29-24(35-23)25(33)30-12-4-6-18(15-30)21(31)26-14-17-5-3-7-20(13-17)34-2/h3,5,7-11,13,18H,4,6,12,14-15H2,1-2H3,(H,26,31)(H,27,32). The van der Waals surface area contributed by atoms with Crippen molar-refractivity contribution in [3.63, 3.8) is 0 Å². The van der Waals surface area contributed by atoms with Gasteiger partial charge in [0.15, 0.2) is 0 Å². The smallest absolute Gasteiger partial charge is 0.286 e. The van der Waals surface area contributed by atoms with Crippen molar-refractivity contribution in [2.75, 3.05) is 25.5 Å². The van der Waals surface area contributed by atoms with Crippen LogP contribution in [-0.4, -0.2) is 53.0 Å². The highest BCUT2D eigenvalue weighted by molar-refractivity contribution is 7.15. The number of methoxy groups -OCH3 is 1. The van der Waals surface area contributed by atoms with E-state index in [0.717, 1.165) is 28.2 Å². The Balaban J connectivity index is 1.33. The zero-order chi connectivity index (χ0) is 24.8. The maximum absolute atomic E-state index is 13.0. The van der Waals surface area contributed by atoms with Gasteiger partial charge in [0.05, 0.1) is 13.0 Å². The average molecular weight is 494 g/mol. The molecule has 0 radical (unpaired) electrons. The maximum Gasteiger partial charge on any atom is 0.286 e. The summed E-state index contributed by atoms with van der Waals surface area (Å²) in [6.45, 7) is 3.18. The van der Waals surface area contributed by atoms with Crippen LogP contribution in [0.25, 0.3) is 0 Å². The monoisotopic (exact) mass is 493 g/mol. The lowest BCUT2D eigenvalue weighted by Crippen LogP contribution is -2.45. The van der Waals surface area contributed by atoms with Crippen LogP contribution < -0.4 is 15.4 Å². The first-order valence-corrected chi connectivity index (χ1v) is 12.2. The lowest BCUT2D eigenvalue weighted by Gasteiger charge is -2.31. The molecule has 35 heavy (non-hydrogen) atoms. The molecule has 0 spiro atoms. The van der Waals surface area contributed by atoms with Crippen LogP contribution in [0.2, 0.25) is 0 Å². The number of hydrogen-bond acceptors (Lipinski definition) is 7. The third-order valence-electron chi connectivity index (χ3n) is 5.79. The summed E-state index contributed by atoms with van der Waals surface area (Å²) in [4.78, 5) is 39.9. The van der Waals surface area contributed by atoms with Crippen LogP contribution >= 0.6 is 11.3 Å². The number of hydrogen-bond donors (Lipinski definition) is 2. The van der Waals surface area contributed by atoms with E-state index in [2.05, 4.69) is 20.8 Å². The Hall–Kier alpha value is -3.79. The van der Waals surface area contributed by atoms with Gasteiger partial charge >= 0.3 is 0 Å². The van der Waals surface area contributed by atoms with E-state index in [1.165, 1.54) is 0 Å². The second kappa shape index (κ2) is 11.1. The lowest BCUT2D eigenvalue weighted by molar-refractivity contribution is -0.126. The summed E-state index contributed by atoms with van der Waals surface area (Å²) < 4.78 is 5.22. The van der Waals surface area contributed by atoms with Crippen LogP contribution in [0.4, 0.5) is 5.69 Å². The average Bonchev–Trinajstić information content (AvgIpc) is 3.39. The Morgan fingerprint density at radius 1 is 1.11 bits per heavy atom. The summed E-state index contributed by atoms with van der Waals surface area (Å²) in [5.41, 5.74) is 2.66. The minimum Gasteiger partial charge on any atom is -0.497 e. The lowest BCUT2D eigenvalue weighted by atomic mass is 9.97. The molecule has 1 aliphatic heterocycles. The molecule has 182 valence electrons. The van der Waals surface area contributed by atoms with Crippen LogP contribution in [-0.2, 0) is 11.3 Å². The Morgan fingerprint density at radius 2 is 1.89 bits per heavy atom. The van der Waals surface area contributed by atoms with Crippen molar-refractivity contribution in [3.05, 3.63) is 69.7 Å². The molecule has 0 aliphatic carbocycles. The second-order valence-corrected chi connectivity index (χ2v) is 9.37. The molecular weight excluding hydrogens is 466 g/mol. The number of benzene rings is 2. The van der Waals surface area contributed by atoms with Crippen molar-refractivity contribution in [1.29, 1.82) is 0 Å². The van der Waals surface area contributed by atoms with Gasteiger partial charge in [-0.3, -0.25) is 14.4 Å². The normalized spacial score (nSPS) is 15.4. The fourth-order valence-electron chi connectivity index (χ4n) is 3.85. The Labute approximate surface area is 207 Å². The van der Waals surface area contributed by atoms with Crippen LogP contribution in [0.3, 0.4) is 0 Å². The van der Waals surface area contributed by atoms with E-state index in [1.54, 1.807) is 24.1 Å². The highest BCUT2D eigenvalue weighted by Crippen LogP contribution is 2.21. The topological polar surface area (TPSA) is 114 Å². The van der Waals surface area contributed by atoms with E-state index in [0.29, 0.717) is 38.2 Å². The number of piperidine rings is 1. The number of carbonyl (C=O) groups excluding carboxylic acids is 3. The predicted octanol–water partition coefficient (Wildman–Crippen LogP) is 3.28. The third-order valence-corrected chi connectivity index (χ3v) is 6.70. The fourth-order valence-corrected chi connectivity index (χ4v) is 4.56. The molecule has 2 aromatic carbocycles. The molecule has 1 atom stereocenters. The molecule has 1 fully saturated rings. The quantitative estimate of drug-likeness (QED) is 0.522. The number of rotatable bonds is 7.